The van der Waals surface area contributed by atoms with Crippen LogP contribution in [0, 0.1) is 0 Å². The minimum absolute atomic E-state index is 0.000751. The molecule has 3 N–H and O–H groups in total. The minimum Gasteiger partial charge on any atom is -0.352 e. The molecule has 1 atom stereocenters. The molecule has 0 bridgehead atoms. The van der Waals surface area contributed by atoms with E-state index in [1.165, 1.54) is 11.1 Å². The van der Waals surface area contributed by atoms with Crippen LogP contribution in [0.15, 0.2) is 24.3 Å². The van der Waals surface area contributed by atoms with Gasteiger partial charge in [-0.15, -0.1) is 11.3 Å². The fraction of sp³-hybridized carbons (Fsp3) is 0.529. The lowest BCUT2D eigenvalue weighted by Gasteiger charge is -2.32. The van der Waals surface area contributed by atoms with Gasteiger partial charge < -0.3 is 11.1 Å². The maximum Gasteiger partial charge on any atom is 0.240 e. The number of amides is 1. The Kier molecular flexibility index (Phi) is 4.45. The van der Waals surface area contributed by atoms with Crippen LogP contribution in [-0.4, -0.2) is 22.5 Å². The molecule has 118 valence electrons. The molecule has 2 aromatic rings. The van der Waals surface area contributed by atoms with Crippen LogP contribution in [0.1, 0.15) is 44.0 Å². The van der Waals surface area contributed by atoms with E-state index in [4.69, 9.17) is 5.73 Å². The normalized spacial score (nSPS) is 19.0. The van der Waals surface area contributed by atoms with Crippen molar-refractivity contribution in [2.75, 3.05) is 0 Å². The Balaban J connectivity index is 1.62. The maximum atomic E-state index is 12.4. The van der Waals surface area contributed by atoms with Crippen LogP contribution >= 0.6 is 11.3 Å². The number of para-hydroxylation sites is 1. The minimum atomic E-state index is -0.667. The average Bonchev–Trinajstić information content (AvgIpc) is 2.89. The van der Waals surface area contributed by atoms with Gasteiger partial charge in [-0.2, -0.15) is 0 Å². The first kappa shape index (κ1) is 15.4. The second-order valence-corrected chi connectivity index (χ2v) is 7.49. The van der Waals surface area contributed by atoms with Crippen molar-refractivity contribution in [1.29, 1.82) is 0 Å². The van der Waals surface area contributed by atoms with E-state index in [2.05, 4.69) is 16.4 Å². The Morgan fingerprint density at radius 2 is 2.09 bits per heavy atom. The largest absolute Gasteiger partial charge is 0.352 e. The van der Waals surface area contributed by atoms with E-state index in [1.54, 1.807) is 11.3 Å². The first-order chi connectivity index (χ1) is 10.6. The van der Waals surface area contributed by atoms with E-state index in [0.717, 1.165) is 42.6 Å². The number of hydrogen-bond donors (Lipinski definition) is 2. The number of aromatic nitrogens is 1. The van der Waals surface area contributed by atoms with Crippen LogP contribution in [0.4, 0.5) is 0 Å². The quantitative estimate of drug-likeness (QED) is 0.911. The molecule has 1 amide bonds. The maximum absolute atomic E-state index is 12.4. The number of carbonyl (C=O) groups excluding carboxylic acids is 1. The molecule has 1 fully saturated rings. The van der Waals surface area contributed by atoms with E-state index in [1.807, 2.05) is 25.1 Å². The number of rotatable bonds is 4. The van der Waals surface area contributed by atoms with E-state index in [0.29, 0.717) is 0 Å². The Morgan fingerprint density at radius 1 is 1.36 bits per heavy atom. The van der Waals surface area contributed by atoms with Gasteiger partial charge in [-0.3, -0.25) is 4.79 Å². The highest BCUT2D eigenvalue weighted by molar-refractivity contribution is 7.18. The molecule has 4 nitrogen and oxygen atoms in total. The number of hydrogen-bond acceptors (Lipinski definition) is 4. The van der Waals surface area contributed by atoms with Gasteiger partial charge in [0.1, 0.15) is 0 Å². The van der Waals surface area contributed by atoms with Crippen LogP contribution in [0.5, 0.6) is 0 Å². The fourth-order valence-corrected chi connectivity index (χ4v) is 4.19. The summed E-state index contributed by atoms with van der Waals surface area (Å²) in [5.74, 6) is 0.000751. The fourth-order valence-electron chi connectivity index (χ4n) is 3.10. The molecular weight excluding hydrogens is 294 g/mol. The molecular formula is C17H23N3OS. The highest BCUT2D eigenvalue weighted by Gasteiger charge is 2.35. The third-order valence-corrected chi connectivity index (χ3v) is 5.45. The van der Waals surface area contributed by atoms with Crippen LogP contribution in [0.3, 0.4) is 0 Å². The molecule has 0 aliphatic heterocycles. The van der Waals surface area contributed by atoms with Gasteiger partial charge in [0.05, 0.1) is 20.8 Å². The van der Waals surface area contributed by atoms with Crippen LogP contribution in [0.2, 0.25) is 0 Å². The van der Waals surface area contributed by atoms with Crippen molar-refractivity contribution in [3.05, 3.63) is 29.3 Å². The van der Waals surface area contributed by atoms with Gasteiger partial charge in [0.15, 0.2) is 0 Å². The zero-order valence-corrected chi connectivity index (χ0v) is 13.8. The number of carbonyl (C=O) groups is 1. The summed E-state index contributed by atoms with van der Waals surface area (Å²) in [5.41, 5.74) is 6.65. The summed E-state index contributed by atoms with van der Waals surface area (Å²) >= 11 is 1.69. The molecule has 1 heterocycles. The first-order valence-electron chi connectivity index (χ1n) is 8.01. The number of nitrogens with one attached hydrogen (secondary N) is 1. The monoisotopic (exact) mass is 317 g/mol. The molecule has 1 aliphatic rings. The Bertz CT molecular complexity index is 628. The van der Waals surface area contributed by atoms with Crippen molar-refractivity contribution < 1.29 is 4.79 Å². The third-order valence-electron chi connectivity index (χ3n) is 4.39. The zero-order chi connectivity index (χ0) is 15.6. The number of thiazole rings is 1. The molecule has 1 aliphatic carbocycles. The third kappa shape index (κ3) is 3.31. The van der Waals surface area contributed by atoms with E-state index in [9.17, 15) is 4.79 Å². The second kappa shape index (κ2) is 6.34. The topological polar surface area (TPSA) is 68.0 Å². The lowest BCUT2D eigenvalue weighted by Crippen LogP contribution is -2.56. The summed E-state index contributed by atoms with van der Waals surface area (Å²) in [5, 5.41) is 4.14. The van der Waals surface area contributed by atoms with Crippen molar-refractivity contribution in [3.63, 3.8) is 0 Å². The lowest BCUT2D eigenvalue weighted by atomic mass is 9.82. The first-order valence-corrected chi connectivity index (χ1v) is 8.83. The molecule has 0 radical (unpaired) electrons. The molecule has 1 aromatic carbocycles. The summed E-state index contributed by atoms with van der Waals surface area (Å²) in [4.78, 5) is 17.1. The molecule has 3 rings (SSSR count). The van der Waals surface area contributed by atoms with Crippen molar-refractivity contribution in [1.82, 2.24) is 10.3 Å². The second-order valence-electron chi connectivity index (χ2n) is 6.37. The van der Waals surface area contributed by atoms with Crippen molar-refractivity contribution in [3.8, 4) is 0 Å². The molecule has 5 heteroatoms. The summed E-state index contributed by atoms with van der Waals surface area (Å²) in [6.45, 7) is 2.02. The number of nitrogens with two attached hydrogens (primary N) is 1. The Morgan fingerprint density at radius 3 is 2.82 bits per heavy atom. The van der Waals surface area contributed by atoms with E-state index in [-0.39, 0.29) is 11.9 Å². The van der Waals surface area contributed by atoms with Crippen LogP contribution < -0.4 is 11.1 Å². The van der Waals surface area contributed by atoms with E-state index >= 15 is 0 Å². The van der Waals surface area contributed by atoms with Gasteiger partial charge in [-0.05, 0) is 31.9 Å². The SMILES string of the molecule is CC(Cc1nc2ccccc2s1)NC(=O)C1(N)CCCCC1. The average molecular weight is 317 g/mol. The molecule has 0 spiro atoms. The van der Waals surface area contributed by atoms with Gasteiger partial charge in [0.2, 0.25) is 5.91 Å². The molecule has 0 saturated heterocycles. The molecule has 1 unspecified atom stereocenters. The summed E-state index contributed by atoms with van der Waals surface area (Å²) < 4.78 is 1.19. The highest BCUT2D eigenvalue weighted by atomic mass is 32.1. The molecule has 1 aromatic heterocycles. The van der Waals surface area contributed by atoms with Crippen molar-refractivity contribution in [2.24, 2.45) is 5.73 Å². The Hall–Kier alpha value is -1.46. The zero-order valence-electron chi connectivity index (χ0n) is 13.0. The smallest absolute Gasteiger partial charge is 0.240 e. The van der Waals surface area contributed by atoms with Gasteiger partial charge >= 0.3 is 0 Å². The van der Waals surface area contributed by atoms with Gasteiger partial charge in [-0.25, -0.2) is 4.98 Å². The summed E-state index contributed by atoms with van der Waals surface area (Å²) in [6, 6.07) is 8.18. The van der Waals surface area contributed by atoms with E-state index < -0.39 is 5.54 Å². The number of nitrogens with zero attached hydrogens (tertiary/aromatic N) is 1. The lowest BCUT2D eigenvalue weighted by molar-refractivity contribution is -0.128. The standard InChI is InChI=1S/C17H23N3OS/c1-12(19-16(21)17(18)9-5-2-6-10-17)11-15-20-13-7-3-4-8-14(13)22-15/h3-4,7-8,12H,2,5-6,9-11,18H2,1H3,(H,19,21). The predicted octanol–water partition coefficient (Wildman–Crippen LogP) is 3.01. The van der Waals surface area contributed by atoms with Crippen molar-refractivity contribution >= 4 is 27.5 Å². The molecule has 22 heavy (non-hydrogen) atoms. The number of benzene rings is 1. The summed E-state index contributed by atoms with van der Waals surface area (Å²) in [7, 11) is 0. The number of fused-ring (bicyclic) bond motifs is 1. The van der Waals surface area contributed by atoms with Crippen LogP contribution in [-0.2, 0) is 11.2 Å². The predicted molar refractivity (Wildman–Crippen MR) is 90.9 cm³/mol. The van der Waals surface area contributed by atoms with Crippen LogP contribution in [0.25, 0.3) is 10.2 Å². The molecule has 1 saturated carbocycles. The highest BCUT2D eigenvalue weighted by Crippen LogP contribution is 2.26. The van der Waals surface area contributed by atoms with Crippen molar-refractivity contribution in [2.45, 2.75) is 57.0 Å². The van der Waals surface area contributed by atoms with Gasteiger partial charge in [0, 0.05) is 12.5 Å². The van der Waals surface area contributed by atoms with Gasteiger partial charge in [-0.1, -0.05) is 31.4 Å². The summed E-state index contributed by atoms with van der Waals surface area (Å²) in [6.07, 6.45) is 5.64. The van der Waals surface area contributed by atoms with Gasteiger partial charge in [0.25, 0.3) is 0 Å². The Labute approximate surface area is 135 Å².